The highest BCUT2D eigenvalue weighted by Gasteiger charge is 2.32. The number of sulfonamides is 1. The van der Waals surface area contributed by atoms with E-state index in [9.17, 15) is 28.1 Å². The number of hydrogen-bond acceptors (Lipinski definition) is 8. The number of rotatable bonds is 9. The molecular formula is C20H29N3O8S. The van der Waals surface area contributed by atoms with E-state index < -0.39 is 38.3 Å². The van der Waals surface area contributed by atoms with Gasteiger partial charge in [0.2, 0.25) is 15.9 Å². The number of amides is 2. The molecule has 12 heteroatoms. The molecule has 1 N–H and O–H groups in total. The fraction of sp³-hybridized carbons (Fsp3) is 0.600. The molecule has 32 heavy (non-hydrogen) atoms. The van der Waals surface area contributed by atoms with Gasteiger partial charge in [-0.2, -0.15) is 0 Å². The van der Waals surface area contributed by atoms with Crippen LogP contribution in [0.1, 0.15) is 58.8 Å². The maximum absolute atomic E-state index is 12.5. The van der Waals surface area contributed by atoms with Crippen LogP contribution >= 0.6 is 0 Å². The number of unbranched alkanes of at least 4 members (excludes halogenated alkanes) is 1. The molecule has 1 aliphatic rings. The van der Waals surface area contributed by atoms with Crippen molar-refractivity contribution in [3.05, 3.63) is 22.2 Å². The fourth-order valence-electron chi connectivity index (χ4n) is 3.39. The molecule has 0 saturated heterocycles. The highest BCUT2D eigenvalue weighted by atomic mass is 32.2. The van der Waals surface area contributed by atoms with E-state index in [0.717, 1.165) is 63.8 Å². The molecule has 1 fully saturated rings. The molecule has 0 bridgehead atoms. The summed E-state index contributed by atoms with van der Waals surface area (Å²) in [5, 5.41) is 11.8. The first kappa shape index (κ1) is 25.4. The van der Waals surface area contributed by atoms with Gasteiger partial charge in [0.1, 0.15) is 5.69 Å². The summed E-state index contributed by atoms with van der Waals surface area (Å²) in [5.74, 6) is -0.860. The predicted octanol–water partition coefficient (Wildman–Crippen LogP) is 3.97. The van der Waals surface area contributed by atoms with Crippen LogP contribution in [-0.4, -0.2) is 44.3 Å². The topological polar surface area (TPSA) is 145 Å². The lowest BCUT2D eigenvalue weighted by molar-refractivity contribution is -0.384. The maximum atomic E-state index is 12.5. The van der Waals surface area contributed by atoms with Crippen molar-refractivity contribution in [2.45, 2.75) is 64.9 Å². The molecule has 0 radical (unpaired) electrons. The van der Waals surface area contributed by atoms with Crippen LogP contribution in [0.4, 0.5) is 21.9 Å². The first-order valence-electron chi connectivity index (χ1n) is 10.5. The van der Waals surface area contributed by atoms with Crippen molar-refractivity contribution in [2.24, 2.45) is 0 Å². The van der Waals surface area contributed by atoms with Crippen LogP contribution in [0.5, 0.6) is 5.75 Å². The number of imide groups is 1. The van der Waals surface area contributed by atoms with Crippen LogP contribution in [0, 0.1) is 10.1 Å². The van der Waals surface area contributed by atoms with Gasteiger partial charge in [-0.25, -0.2) is 18.1 Å². The third kappa shape index (κ3) is 7.08. The number of hydrogen-bond donors (Lipinski definition) is 1. The Morgan fingerprint density at radius 2 is 1.91 bits per heavy atom. The Kier molecular flexibility index (Phi) is 8.81. The van der Waals surface area contributed by atoms with Crippen molar-refractivity contribution in [3.63, 3.8) is 0 Å². The third-order valence-electron chi connectivity index (χ3n) is 4.88. The van der Waals surface area contributed by atoms with Crippen LogP contribution in [0.25, 0.3) is 0 Å². The van der Waals surface area contributed by atoms with Crippen LogP contribution in [-0.2, 0) is 19.6 Å². The number of nitrogens with one attached hydrogen (secondary N) is 1. The SMILES string of the molecule is CCCCOC(=O)N(C(C)=O)c1cc(NS(C)(=O)=O)c(OC2CCCCC2)cc1[N+](=O)[O-]. The highest BCUT2D eigenvalue weighted by molar-refractivity contribution is 7.92. The van der Waals surface area contributed by atoms with E-state index in [4.69, 9.17) is 9.47 Å². The third-order valence-corrected chi connectivity index (χ3v) is 5.47. The van der Waals surface area contributed by atoms with Gasteiger partial charge in [-0.15, -0.1) is 0 Å². The molecule has 0 spiro atoms. The largest absolute Gasteiger partial charge is 0.488 e. The molecule has 0 aromatic heterocycles. The Balaban J connectivity index is 2.56. The maximum Gasteiger partial charge on any atom is 0.421 e. The Morgan fingerprint density at radius 3 is 2.44 bits per heavy atom. The van der Waals surface area contributed by atoms with E-state index in [0.29, 0.717) is 11.3 Å². The van der Waals surface area contributed by atoms with E-state index in [1.54, 1.807) is 0 Å². The summed E-state index contributed by atoms with van der Waals surface area (Å²) >= 11 is 0. The fourth-order valence-corrected chi connectivity index (χ4v) is 3.95. The van der Waals surface area contributed by atoms with Gasteiger partial charge in [-0.3, -0.25) is 19.6 Å². The van der Waals surface area contributed by atoms with Gasteiger partial charge < -0.3 is 9.47 Å². The molecular weight excluding hydrogens is 442 g/mol. The van der Waals surface area contributed by atoms with Crippen LogP contribution in [0.2, 0.25) is 0 Å². The second kappa shape index (κ2) is 11.1. The second-order valence-electron chi connectivity index (χ2n) is 7.67. The minimum absolute atomic E-state index is 0.0320. The highest BCUT2D eigenvalue weighted by Crippen LogP contribution is 2.40. The zero-order valence-electron chi connectivity index (χ0n) is 18.5. The summed E-state index contributed by atoms with van der Waals surface area (Å²) in [5.41, 5.74) is -1.10. The summed E-state index contributed by atoms with van der Waals surface area (Å²) in [4.78, 5) is 36.3. The first-order valence-corrected chi connectivity index (χ1v) is 12.4. The molecule has 1 aromatic rings. The number of benzene rings is 1. The number of anilines is 2. The Bertz CT molecular complexity index is 958. The van der Waals surface area contributed by atoms with E-state index in [-0.39, 0.29) is 24.1 Å². The van der Waals surface area contributed by atoms with Crippen molar-refractivity contribution in [1.29, 1.82) is 0 Å². The van der Waals surface area contributed by atoms with Gasteiger partial charge in [0, 0.05) is 6.92 Å². The van der Waals surface area contributed by atoms with Gasteiger partial charge >= 0.3 is 6.09 Å². The lowest BCUT2D eigenvalue weighted by Crippen LogP contribution is -2.36. The van der Waals surface area contributed by atoms with Gasteiger partial charge in [0.05, 0.1) is 35.6 Å². The van der Waals surface area contributed by atoms with Crippen molar-refractivity contribution >= 4 is 39.1 Å². The molecule has 0 unspecified atom stereocenters. The molecule has 2 amide bonds. The lowest BCUT2D eigenvalue weighted by Gasteiger charge is -2.25. The van der Waals surface area contributed by atoms with Crippen LogP contribution < -0.4 is 14.4 Å². The number of nitro benzene ring substituents is 1. The van der Waals surface area contributed by atoms with E-state index >= 15 is 0 Å². The number of carbonyl (C=O) groups is 2. The monoisotopic (exact) mass is 471 g/mol. The second-order valence-corrected chi connectivity index (χ2v) is 9.42. The smallest absolute Gasteiger partial charge is 0.421 e. The number of ether oxygens (including phenoxy) is 2. The van der Waals surface area contributed by atoms with Crippen molar-refractivity contribution in [2.75, 3.05) is 22.5 Å². The summed E-state index contributed by atoms with van der Waals surface area (Å²) in [6, 6.07) is 2.09. The normalized spacial score (nSPS) is 14.5. The summed E-state index contributed by atoms with van der Waals surface area (Å²) in [7, 11) is -3.79. The molecule has 0 aliphatic heterocycles. The number of nitro groups is 1. The molecule has 1 aromatic carbocycles. The molecule has 1 aliphatic carbocycles. The summed E-state index contributed by atoms with van der Waals surface area (Å²) < 4.78 is 37.1. The Labute approximate surface area is 187 Å². The van der Waals surface area contributed by atoms with E-state index in [1.165, 1.54) is 0 Å². The van der Waals surface area contributed by atoms with Crippen LogP contribution in [0.3, 0.4) is 0 Å². The Morgan fingerprint density at radius 1 is 1.25 bits per heavy atom. The Hall–Kier alpha value is -2.89. The van der Waals surface area contributed by atoms with Crippen molar-refractivity contribution in [3.8, 4) is 5.75 Å². The van der Waals surface area contributed by atoms with Gasteiger partial charge in [-0.05, 0) is 38.2 Å². The standard InChI is InChI=1S/C20H29N3O8S/c1-4-5-11-30-20(25)22(14(2)24)17-12-16(21-32(3,28)29)19(13-18(17)23(26)27)31-15-9-7-6-8-10-15/h12-13,15,21H,4-11H2,1-3H3. The quantitative estimate of drug-likeness (QED) is 0.323. The molecule has 2 rings (SSSR count). The molecule has 1 saturated carbocycles. The van der Waals surface area contributed by atoms with Crippen molar-refractivity contribution in [1.82, 2.24) is 0 Å². The number of carbonyl (C=O) groups excluding carboxylic acids is 2. The van der Waals surface area contributed by atoms with Gasteiger partial charge in [-0.1, -0.05) is 19.8 Å². The van der Waals surface area contributed by atoms with Crippen molar-refractivity contribution < 1.29 is 32.4 Å². The zero-order valence-corrected chi connectivity index (χ0v) is 19.3. The minimum atomic E-state index is -3.79. The zero-order chi connectivity index (χ0) is 23.9. The van der Waals surface area contributed by atoms with E-state index in [2.05, 4.69) is 4.72 Å². The summed E-state index contributed by atoms with van der Waals surface area (Å²) in [6.45, 7) is 2.97. The average Bonchev–Trinajstić information content (AvgIpc) is 2.69. The van der Waals surface area contributed by atoms with E-state index in [1.807, 2.05) is 6.92 Å². The molecule has 0 atom stereocenters. The number of nitrogens with zero attached hydrogens (tertiary/aromatic N) is 2. The predicted molar refractivity (Wildman–Crippen MR) is 118 cm³/mol. The minimum Gasteiger partial charge on any atom is -0.488 e. The van der Waals surface area contributed by atoms with Gasteiger partial charge in [0.15, 0.2) is 5.75 Å². The average molecular weight is 472 g/mol. The first-order chi connectivity index (χ1) is 15.0. The van der Waals surface area contributed by atoms with Gasteiger partial charge in [0.25, 0.3) is 5.69 Å². The molecule has 178 valence electrons. The van der Waals surface area contributed by atoms with Crippen LogP contribution in [0.15, 0.2) is 12.1 Å². The lowest BCUT2D eigenvalue weighted by atomic mass is 9.98. The molecule has 0 heterocycles. The molecule has 11 nitrogen and oxygen atoms in total. The summed E-state index contributed by atoms with van der Waals surface area (Å²) in [6.07, 6.45) is 5.29.